The highest BCUT2D eigenvalue weighted by molar-refractivity contribution is 5.57. The molecule has 0 amide bonds. The highest BCUT2D eigenvalue weighted by Crippen LogP contribution is 2.34. The predicted molar refractivity (Wildman–Crippen MR) is 77.1 cm³/mol. The summed E-state index contributed by atoms with van der Waals surface area (Å²) < 4.78 is 0. The van der Waals surface area contributed by atoms with Gasteiger partial charge in [0, 0.05) is 37.3 Å². The molecule has 1 aromatic rings. The van der Waals surface area contributed by atoms with Gasteiger partial charge in [0.2, 0.25) is 0 Å². The lowest BCUT2D eigenvalue weighted by Crippen LogP contribution is -2.36. The van der Waals surface area contributed by atoms with E-state index in [1.807, 2.05) is 0 Å². The van der Waals surface area contributed by atoms with E-state index < -0.39 is 0 Å². The second-order valence-corrected chi connectivity index (χ2v) is 6.16. The number of para-hydroxylation sites is 1. The molecule has 0 bridgehead atoms. The van der Waals surface area contributed by atoms with E-state index in [9.17, 15) is 0 Å². The van der Waals surface area contributed by atoms with E-state index in [0.29, 0.717) is 12.0 Å². The van der Waals surface area contributed by atoms with Gasteiger partial charge in [0.1, 0.15) is 0 Å². The van der Waals surface area contributed by atoms with E-state index in [1.54, 1.807) is 0 Å². The van der Waals surface area contributed by atoms with Crippen molar-refractivity contribution in [1.29, 1.82) is 0 Å². The fourth-order valence-corrected chi connectivity index (χ4v) is 2.93. The van der Waals surface area contributed by atoms with Gasteiger partial charge in [-0.3, -0.25) is 4.90 Å². The third-order valence-electron chi connectivity index (χ3n) is 4.31. The van der Waals surface area contributed by atoms with Gasteiger partial charge in [-0.05, 0) is 44.2 Å². The normalized spacial score (nSPS) is 22.3. The smallest absolute Gasteiger partial charge is 0.0376 e. The second-order valence-electron chi connectivity index (χ2n) is 6.16. The molecule has 1 aliphatic carbocycles. The molecule has 1 aliphatic heterocycles. The number of nitrogens with one attached hydrogen (secondary N) is 1. The summed E-state index contributed by atoms with van der Waals surface area (Å²) in [5.41, 5.74) is 2.86. The minimum absolute atomic E-state index is 0.665. The third kappa shape index (κ3) is 2.54. The molecule has 0 saturated heterocycles. The molecule has 1 aromatic carbocycles. The van der Waals surface area contributed by atoms with Crippen molar-refractivity contribution in [2.45, 2.75) is 38.6 Å². The summed E-state index contributed by atoms with van der Waals surface area (Å²) in [6.07, 6.45) is 2.89. The van der Waals surface area contributed by atoms with Crippen molar-refractivity contribution in [1.82, 2.24) is 4.90 Å². The van der Waals surface area contributed by atoms with Gasteiger partial charge in [0.15, 0.2) is 0 Å². The summed E-state index contributed by atoms with van der Waals surface area (Å²) in [6.45, 7) is 8.27. The highest BCUT2D eigenvalue weighted by atomic mass is 15.2. The molecule has 0 radical (unpaired) electrons. The maximum Gasteiger partial charge on any atom is 0.0376 e. The summed E-state index contributed by atoms with van der Waals surface area (Å²) >= 11 is 0. The van der Waals surface area contributed by atoms with E-state index in [1.165, 1.54) is 37.2 Å². The molecule has 1 fully saturated rings. The Labute approximate surface area is 110 Å². The fraction of sp³-hybridized carbons (Fsp3) is 0.625. The van der Waals surface area contributed by atoms with Crippen molar-refractivity contribution in [2.24, 2.45) is 5.92 Å². The molecule has 1 N–H and O–H groups in total. The summed E-state index contributed by atoms with van der Waals surface area (Å²) in [5, 5.41) is 3.54. The number of nitrogens with zero attached hydrogens (tertiary/aromatic N) is 1. The minimum Gasteiger partial charge on any atom is -0.384 e. The molecule has 18 heavy (non-hydrogen) atoms. The monoisotopic (exact) mass is 244 g/mol. The van der Waals surface area contributed by atoms with Crippen LogP contribution in [0.4, 0.5) is 5.69 Å². The first-order valence-corrected chi connectivity index (χ1v) is 7.31. The summed E-state index contributed by atoms with van der Waals surface area (Å²) in [5.74, 6) is 1.65. The zero-order valence-corrected chi connectivity index (χ0v) is 11.5. The van der Waals surface area contributed by atoms with Gasteiger partial charge in [0.05, 0.1) is 0 Å². The van der Waals surface area contributed by atoms with Crippen LogP contribution in [0.2, 0.25) is 0 Å². The van der Waals surface area contributed by atoms with Gasteiger partial charge in [-0.2, -0.15) is 0 Å². The van der Waals surface area contributed by atoms with Crippen LogP contribution in [0.15, 0.2) is 24.3 Å². The Morgan fingerprint density at radius 1 is 1.22 bits per heavy atom. The lowest BCUT2D eigenvalue weighted by molar-refractivity contribution is 0.202. The Kier molecular flexibility index (Phi) is 3.29. The van der Waals surface area contributed by atoms with E-state index in [2.05, 4.69) is 48.3 Å². The van der Waals surface area contributed by atoms with Crippen molar-refractivity contribution < 1.29 is 0 Å². The Bertz CT molecular complexity index is 409. The average Bonchev–Trinajstić information content (AvgIpc) is 3.09. The lowest BCUT2D eigenvalue weighted by Gasteiger charge is -2.29. The number of rotatable bonds is 5. The SMILES string of the molecule is CC(C)N(CC1CC1)CC1CNc2ccccc21. The van der Waals surface area contributed by atoms with Crippen LogP contribution in [-0.4, -0.2) is 30.6 Å². The number of benzene rings is 1. The molecule has 2 nitrogen and oxygen atoms in total. The number of hydrogen-bond acceptors (Lipinski definition) is 2. The Balaban J connectivity index is 1.68. The van der Waals surface area contributed by atoms with Crippen LogP contribution >= 0.6 is 0 Å². The highest BCUT2D eigenvalue weighted by Gasteiger charge is 2.29. The first-order chi connectivity index (χ1) is 8.74. The first kappa shape index (κ1) is 12.0. The van der Waals surface area contributed by atoms with Crippen LogP contribution < -0.4 is 5.32 Å². The Hall–Kier alpha value is -1.02. The Morgan fingerprint density at radius 3 is 2.72 bits per heavy atom. The van der Waals surface area contributed by atoms with Crippen molar-refractivity contribution in [3.05, 3.63) is 29.8 Å². The van der Waals surface area contributed by atoms with Crippen LogP contribution in [0.25, 0.3) is 0 Å². The Morgan fingerprint density at radius 2 is 2.00 bits per heavy atom. The molecule has 98 valence electrons. The zero-order valence-electron chi connectivity index (χ0n) is 11.5. The molecular weight excluding hydrogens is 220 g/mol. The average molecular weight is 244 g/mol. The predicted octanol–water partition coefficient (Wildman–Crippen LogP) is 3.32. The molecule has 1 unspecified atom stereocenters. The van der Waals surface area contributed by atoms with Crippen LogP contribution in [0.5, 0.6) is 0 Å². The van der Waals surface area contributed by atoms with E-state index >= 15 is 0 Å². The fourth-order valence-electron chi connectivity index (χ4n) is 2.93. The molecule has 1 atom stereocenters. The number of anilines is 1. The van der Waals surface area contributed by atoms with Crippen molar-refractivity contribution in [2.75, 3.05) is 25.0 Å². The van der Waals surface area contributed by atoms with Gasteiger partial charge < -0.3 is 5.32 Å². The summed E-state index contributed by atoms with van der Waals surface area (Å²) in [6, 6.07) is 9.45. The van der Waals surface area contributed by atoms with Gasteiger partial charge in [0.25, 0.3) is 0 Å². The molecule has 1 saturated carbocycles. The molecule has 2 heteroatoms. The molecule has 2 aliphatic rings. The molecule has 0 spiro atoms. The quantitative estimate of drug-likeness (QED) is 0.855. The van der Waals surface area contributed by atoms with E-state index in [0.717, 1.165) is 12.5 Å². The zero-order chi connectivity index (χ0) is 12.5. The summed E-state index contributed by atoms with van der Waals surface area (Å²) in [4.78, 5) is 2.67. The van der Waals surface area contributed by atoms with Crippen molar-refractivity contribution >= 4 is 5.69 Å². The number of hydrogen-bond donors (Lipinski definition) is 1. The molecular formula is C16H24N2. The van der Waals surface area contributed by atoms with E-state index in [-0.39, 0.29) is 0 Å². The molecule has 1 heterocycles. The molecule has 3 rings (SSSR count). The lowest BCUT2D eigenvalue weighted by atomic mass is 10.00. The van der Waals surface area contributed by atoms with Gasteiger partial charge >= 0.3 is 0 Å². The van der Waals surface area contributed by atoms with Crippen LogP contribution in [0.3, 0.4) is 0 Å². The largest absolute Gasteiger partial charge is 0.384 e. The maximum atomic E-state index is 3.54. The van der Waals surface area contributed by atoms with Gasteiger partial charge in [-0.25, -0.2) is 0 Å². The van der Waals surface area contributed by atoms with E-state index in [4.69, 9.17) is 0 Å². The van der Waals surface area contributed by atoms with Crippen LogP contribution in [0, 0.1) is 5.92 Å². The third-order valence-corrected chi connectivity index (χ3v) is 4.31. The minimum atomic E-state index is 0.665. The number of fused-ring (bicyclic) bond motifs is 1. The maximum absolute atomic E-state index is 3.54. The van der Waals surface area contributed by atoms with Crippen molar-refractivity contribution in [3.8, 4) is 0 Å². The molecule has 0 aromatic heterocycles. The summed E-state index contributed by atoms with van der Waals surface area (Å²) in [7, 11) is 0. The van der Waals surface area contributed by atoms with Crippen LogP contribution in [-0.2, 0) is 0 Å². The van der Waals surface area contributed by atoms with Gasteiger partial charge in [-0.1, -0.05) is 18.2 Å². The van der Waals surface area contributed by atoms with Gasteiger partial charge in [-0.15, -0.1) is 0 Å². The topological polar surface area (TPSA) is 15.3 Å². The first-order valence-electron chi connectivity index (χ1n) is 7.31. The van der Waals surface area contributed by atoms with Crippen molar-refractivity contribution in [3.63, 3.8) is 0 Å². The standard InChI is InChI=1S/C16H24N2/c1-12(2)18(10-13-7-8-13)11-14-9-17-16-6-4-3-5-15(14)16/h3-6,12-14,17H,7-11H2,1-2H3. The second kappa shape index (κ2) is 4.93. The van der Waals surface area contributed by atoms with Crippen LogP contribution in [0.1, 0.15) is 38.2 Å².